The molecule has 6 atom stereocenters. The number of anilines is 1. The zero-order chi connectivity index (χ0) is 24.1. The van der Waals surface area contributed by atoms with E-state index >= 15 is 0 Å². The minimum atomic E-state index is -6.16. The maximum Gasteiger partial charge on any atom is 1.00 e. The van der Waals surface area contributed by atoms with Gasteiger partial charge in [-0.3, -0.25) is 18.0 Å². The Hall–Kier alpha value is 2.93. The van der Waals surface area contributed by atoms with Crippen LogP contribution >= 0.6 is 35.1 Å². The molecule has 0 amide bonds. The molecule has 0 aromatic carbocycles. The number of phosphoric acid groups is 3. The second-order valence-corrected chi connectivity index (χ2v) is 10.6. The van der Waals surface area contributed by atoms with Crippen LogP contribution in [0.15, 0.2) is 6.33 Å². The molecule has 3 heterocycles. The molecular formula is C10H11ClN5Na4O13P3. The van der Waals surface area contributed by atoms with Crippen molar-refractivity contribution in [2.75, 3.05) is 12.3 Å². The Bertz CT molecular complexity index is 1170. The molecule has 1 aliphatic heterocycles. The molecule has 36 heavy (non-hydrogen) atoms. The van der Waals surface area contributed by atoms with E-state index in [0.29, 0.717) is 0 Å². The second-order valence-electron chi connectivity index (χ2n) is 6.05. The zero-order valence-corrected chi connectivity index (χ0v) is 30.5. The number of halogens is 1. The van der Waals surface area contributed by atoms with Crippen molar-refractivity contribution in [3.8, 4) is 0 Å². The molecular weight excluding hydrogens is 618 g/mol. The van der Waals surface area contributed by atoms with Gasteiger partial charge >= 0.3 is 118 Å². The van der Waals surface area contributed by atoms with Gasteiger partial charge in [0.1, 0.15) is 23.8 Å². The van der Waals surface area contributed by atoms with Crippen molar-refractivity contribution < 1.29 is 180 Å². The van der Waals surface area contributed by atoms with Crippen molar-refractivity contribution in [3.05, 3.63) is 11.6 Å². The van der Waals surface area contributed by atoms with E-state index in [1.54, 1.807) is 0 Å². The number of ether oxygens (including phenoxy) is 1. The molecule has 0 saturated carbocycles. The Morgan fingerprint density at radius 3 is 2.17 bits per heavy atom. The van der Waals surface area contributed by atoms with Gasteiger partial charge in [0.05, 0.1) is 20.8 Å². The van der Waals surface area contributed by atoms with Crippen LogP contribution in [0, 0.1) is 0 Å². The van der Waals surface area contributed by atoms with Crippen molar-refractivity contribution >= 4 is 52.1 Å². The molecule has 180 valence electrons. The third kappa shape index (κ3) is 11.0. The van der Waals surface area contributed by atoms with E-state index in [2.05, 4.69) is 28.1 Å². The quantitative estimate of drug-likeness (QED) is 0.139. The molecule has 0 spiro atoms. The number of hydrogen-bond acceptors (Lipinski definition) is 17. The zero-order valence-electron chi connectivity index (χ0n) is 19.1. The summed E-state index contributed by atoms with van der Waals surface area (Å²) in [5, 5.41) is 20.1. The van der Waals surface area contributed by atoms with E-state index in [-0.39, 0.29) is 140 Å². The Morgan fingerprint density at radius 1 is 1.03 bits per heavy atom. The summed E-state index contributed by atoms with van der Waals surface area (Å²) in [6.07, 6.45) is -5.33. The summed E-state index contributed by atoms with van der Waals surface area (Å²) in [5.74, 6) is -0.0962. The predicted octanol–water partition coefficient (Wildman–Crippen LogP) is -15.5. The number of aliphatic hydroxyl groups excluding tert-OH is 2. The largest absolute Gasteiger partial charge is 1.00 e. The van der Waals surface area contributed by atoms with E-state index < -0.39 is 54.6 Å². The van der Waals surface area contributed by atoms with Gasteiger partial charge in [0.2, 0.25) is 5.28 Å². The van der Waals surface area contributed by atoms with Crippen molar-refractivity contribution in [2.24, 2.45) is 0 Å². The molecule has 4 N–H and O–H groups in total. The van der Waals surface area contributed by atoms with E-state index in [1.807, 2.05) is 0 Å². The molecule has 1 saturated heterocycles. The van der Waals surface area contributed by atoms with E-state index in [9.17, 15) is 43.5 Å². The third-order valence-electron chi connectivity index (χ3n) is 3.83. The number of aromatic nitrogens is 4. The first-order chi connectivity index (χ1) is 14.6. The molecule has 1 aliphatic rings. The Labute approximate surface area is 295 Å². The average molecular weight is 630 g/mol. The first kappa shape index (κ1) is 41.1. The number of rotatable bonds is 8. The summed E-state index contributed by atoms with van der Waals surface area (Å²) in [7, 11) is -18.1. The number of imidazole rings is 1. The van der Waals surface area contributed by atoms with E-state index in [0.717, 1.165) is 10.9 Å². The summed E-state index contributed by atoms with van der Waals surface area (Å²) in [6.45, 7) is -1.10. The second kappa shape index (κ2) is 16.0. The fraction of sp³-hybridized carbons (Fsp3) is 0.500. The van der Waals surface area contributed by atoms with Crippen LogP contribution in [-0.4, -0.2) is 54.7 Å². The van der Waals surface area contributed by atoms with Crippen molar-refractivity contribution in [2.45, 2.75) is 24.5 Å². The van der Waals surface area contributed by atoms with Crippen LogP contribution in [0.1, 0.15) is 6.23 Å². The van der Waals surface area contributed by atoms with Crippen LogP contribution in [0.25, 0.3) is 11.2 Å². The fourth-order valence-corrected chi connectivity index (χ4v) is 5.68. The summed E-state index contributed by atoms with van der Waals surface area (Å²) < 4.78 is 50.2. The first-order valence-electron chi connectivity index (χ1n) is 7.97. The standard InChI is InChI=1S/C10H15ClN5O13P3.4Na/c11-10-14-7(12)4-8(15-10)16(2-13-4)9-6(18)5(17)3(27-9)1-26-31(22,23)29-32(24,25)28-30(19,20)21;;;;/h2-3,5-6,9,17-18H,1H2,(H,22,23)(H,24,25)(H2,12,14,15)(H2,19,20,21);;;;/q;4*+1/p-4/t3-,5+,6-,9-;;;;/m1..../s1. The Balaban J connectivity index is 0. The minimum Gasteiger partial charge on any atom is -0.790 e. The number of fused-ring (bicyclic) bond motifs is 1. The first-order valence-corrected chi connectivity index (χ1v) is 12.7. The van der Waals surface area contributed by atoms with Gasteiger partial charge in [-0.05, 0) is 11.6 Å². The maximum atomic E-state index is 11.6. The van der Waals surface area contributed by atoms with Crippen LogP contribution < -0.4 is 144 Å². The smallest absolute Gasteiger partial charge is 0.790 e. The minimum absolute atomic E-state index is 0. The van der Waals surface area contributed by atoms with Gasteiger partial charge in [-0.15, -0.1) is 0 Å². The van der Waals surface area contributed by atoms with Gasteiger partial charge < -0.3 is 49.3 Å². The monoisotopic (exact) mass is 629 g/mol. The van der Waals surface area contributed by atoms with E-state index in [4.69, 9.17) is 22.1 Å². The normalized spacial score (nSPS) is 24.9. The van der Waals surface area contributed by atoms with Crippen LogP contribution in [-0.2, 0) is 31.6 Å². The van der Waals surface area contributed by atoms with Crippen molar-refractivity contribution in [1.82, 2.24) is 19.5 Å². The van der Waals surface area contributed by atoms with Crippen LogP contribution in [0.4, 0.5) is 5.82 Å². The van der Waals surface area contributed by atoms with Crippen LogP contribution in [0.3, 0.4) is 0 Å². The molecule has 2 aromatic heterocycles. The maximum absolute atomic E-state index is 11.6. The molecule has 0 aliphatic carbocycles. The summed E-state index contributed by atoms with van der Waals surface area (Å²) >= 11 is 5.73. The molecule has 18 nitrogen and oxygen atoms in total. The van der Waals surface area contributed by atoms with Gasteiger partial charge in [-0.2, -0.15) is 9.97 Å². The topological polar surface area (TPSA) is 290 Å². The summed E-state index contributed by atoms with van der Waals surface area (Å²) in [4.78, 5) is 54.9. The van der Waals surface area contributed by atoms with Gasteiger partial charge in [0.15, 0.2) is 17.7 Å². The number of hydrogen-bond donors (Lipinski definition) is 3. The Morgan fingerprint density at radius 2 is 1.61 bits per heavy atom. The van der Waals surface area contributed by atoms with Gasteiger partial charge in [-0.1, -0.05) is 0 Å². The number of nitrogen functional groups attached to an aromatic ring is 1. The van der Waals surface area contributed by atoms with Gasteiger partial charge in [-0.25, -0.2) is 9.29 Å². The van der Waals surface area contributed by atoms with Gasteiger partial charge in [0.25, 0.3) is 15.6 Å². The molecule has 1 fully saturated rings. The molecule has 3 rings (SSSR count). The van der Waals surface area contributed by atoms with Crippen molar-refractivity contribution in [3.63, 3.8) is 0 Å². The van der Waals surface area contributed by atoms with Crippen LogP contribution in [0.5, 0.6) is 0 Å². The van der Waals surface area contributed by atoms with Gasteiger partial charge in [0, 0.05) is 0 Å². The molecule has 2 aromatic rings. The summed E-state index contributed by atoms with van der Waals surface area (Å²) in [5.41, 5.74) is 5.75. The SMILES string of the molecule is Nc1nc(Cl)nc2c1ncn2[C@@H]1O[C@H](COP(=O)([O-])OP(=O)([O-])OP(=O)([O-])[O-])[C@H](O)[C@H]1O.[Na+].[Na+].[Na+].[Na+]. The summed E-state index contributed by atoms with van der Waals surface area (Å²) in [6, 6.07) is 0. The van der Waals surface area contributed by atoms with E-state index in [1.165, 1.54) is 0 Å². The fourth-order valence-electron chi connectivity index (χ4n) is 2.64. The molecule has 26 heteroatoms. The number of aliphatic hydroxyl groups is 2. The number of phosphoric ester groups is 1. The molecule has 0 radical (unpaired) electrons. The molecule has 2 unspecified atom stereocenters. The molecule has 0 bridgehead atoms. The van der Waals surface area contributed by atoms with Crippen molar-refractivity contribution in [1.29, 1.82) is 0 Å². The van der Waals surface area contributed by atoms with Crippen LogP contribution in [0.2, 0.25) is 5.28 Å². The predicted molar refractivity (Wildman–Crippen MR) is 91.6 cm³/mol. The number of nitrogens with two attached hydrogens (primary N) is 1. The Kier molecular flexibility index (Phi) is 18.2. The number of nitrogens with zero attached hydrogens (tertiary/aromatic N) is 4. The average Bonchev–Trinajstić information content (AvgIpc) is 3.12. The third-order valence-corrected chi connectivity index (χ3v) is 7.66.